The van der Waals surface area contributed by atoms with E-state index in [0.29, 0.717) is 5.92 Å². The van der Waals surface area contributed by atoms with Crippen LogP contribution in [-0.2, 0) is 0 Å². The van der Waals surface area contributed by atoms with Gasteiger partial charge in [-0.1, -0.05) is 44.4 Å². The molecule has 1 N–H and O–H groups in total. The summed E-state index contributed by atoms with van der Waals surface area (Å²) in [4.78, 5) is 0. The first-order valence-electron chi connectivity index (χ1n) is 8.57. The summed E-state index contributed by atoms with van der Waals surface area (Å²) < 4.78 is 6.17. The maximum absolute atomic E-state index is 6.17. The fourth-order valence-corrected chi connectivity index (χ4v) is 3.65. The Morgan fingerprint density at radius 1 is 1.14 bits per heavy atom. The standard InChI is InChI=1S/C19H27NO/c1-2-12-20-14-16-9-4-3-5-10-17(16)19-13-15-8-6-7-11-18(15)21-19/h6-8,11,13,16-17,20H,2-5,9-10,12,14H2,1H3. The molecule has 0 amide bonds. The van der Waals surface area contributed by atoms with Crippen LogP contribution in [0.2, 0.25) is 0 Å². The van der Waals surface area contributed by atoms with Crippen LogP contribution >= 0.6 is 0 Å². The number of nitrogens with one attached hydrogen (secondary N) is 1. The molecule has 2 nitrogen and oxygen atoms in total. The first-order valence-corrected chi connectivity index (χ1v) is 8.57. The molecule has 0 aliphatic heterocycles. The number of hydrogen-bond donors (Lipinski definition) is 1. The topological polar surface area (TPSA) is 25.2 Å². The van der Waals surface area contributed by atoms with Crippen LogP contribution in [-0.4, -0.2) is 13.1 Å². The van der Waals surface area contributed by atoms with Gasteiger partial charge in [-0.25, -0.2) is 0 Å². The van der Waals surface area contributed by atoms with Crippen molar-refractivity contribution in [1.29, 1.82) is 0 Å². The van der Waals surface area contributed by atoms with Crippen molar-refractivity contribution in [3.05, 3.63) is 36.1 Å². The van der Waals surface area contributed by atoms with Crippen molar-refractivity contribution >= 4 is 11.0 Å². The summed E-state index contributed by atoms with van der Waals surface area (Å²) in [7, 11) is 0. The van der Waals surface area contributed by atoms with Crippen LogP contribution in [0.3, 0.4) is 0 Å². The molecule has 1 heterocycles. The third kappa shape index (κ3) is 3.49. The van der Waals surface area contributed by atoms with Crippen molar-refractivity contribution in [3.8, 4) is 0 Å². The van der Waals surface area contributed by atoms with Crippen LogP contribution < -0.4 is 5.32 Å². The summed E-state index contributed by atoms with van der Waals surface area (Å²) in [5, 5.41) is 4.87. The minimum Gasteiger partial charge on any atom is -0.461 e. The largest absolute Gasteiger partial charge is 0.461 e. The monoisotopic (exact) mass is 285 g/mol. The Labute approximate surface area is 127 Å². The quantitative estimate of drug-likeness (QED) is 0.611. The van der Waals surface area contributed by atoms with E-state index in [1.54, 1.807) is 0 Å². The van der Waals surface area contributed by atoms with Crippen LogP contribution in [0.25, 0.3) is 11.0 Å². The minimum absolute atomic E-state index is 0.587. The zero-order valence-electron chi connectivity index (χ0n) is 13.1. The average Bonchev–Trinajstić information content (AvgIpc) is 2.79. The van der Waals surface area contributed by atoms with Gasteiger partial charge in [-0.3, -0.25) is 0 Å². The second kappa shape index (κ2) is 7.13. The maximum Gasteiger partial charge on any atom is 0.134 e. The first-order chi connectivity index (χ1) is 10.4. The highest BCUT2D eigenvalue weighted by atomic mass is 16.3. The fourth-order valence-electron chi connectivity index (χ4n) is 3.65. The van der Waals surface area contributed by atoms with Crippen LogP contribution in [0.4, 0.5) is 0 Å². The fraction of sp³-hybridized carbons (Fsp3) is 0.579. The van der Waals surface area contributed by atoms with Crippen molar-refractivity contribution in [2.24, 2.45) is 5.92 Å². The Morgan fingerprint density at radius 2 is 2.00 bits per heavy atom. The van der Waals surface area contributed by atoms with E-state index in [2.05, 4.69) is 42.6 Å². The number of para-hydroxylation sites is 1. The molecule has 2 aromatic rings. The smallest absolute Gasteiger partial charge is 0.134 e. The van der Waals surface area contributed by atoms with E-state index >= 15 is 0 Å². The van der Waals surface area contributed by atoms with E-state index in [1.165, 1.54) is 49.7 Å². The summed E-state index contributed by atoms with van der Waals surface area (Å²) in [5.41, 5.74) is 1.04. The number of rotatable bonds is 5. The number of furan rings is 1. The Hall–Kier alpha value is -1.28. The van der Waals surface area contributed by atoms with Gasteiger partial charge in [0.25, 0.3) is 0 Å². The van der Waals surface area contributed by atoms with Gasteiger partial charge in [-0.15, -0.1) is 0 Å². The van der Waals surface area contributed by atoms with Crippen LogP contribution in [0.5, 0.6) is 0 Å². The lowest BCUT2D eigenvalue weighted by Crippen LogP contribution is -2.27. The van der Waals surface area contributed by atoms with E-state index in [-0.39, 0.29) is 0 Å². The average molecular weight is 285 g/mol. The number of benzene rings is 1. The van der Waals surface area contributed by atoms with Crippen molar-refractivity contribution in [1.82, 2.24) is 5.32 Å². The van der Waals surface area contributed by atoms with Gasteiger partial charge < -0.3 is 9.73 Å². The molecule has 1 aliphatic carbocycles. The molecule has 3 rings (SSSR count). The van der Waals surface area contributed by atoms with Crippen molar-refractivity contribution in [2.75, 3.05) is 13.1 Å². The molecular formula is C19H27NO. The number of fused-ring (bicyclic) bond motifs is 1. The third-order valence-corrected chi connectivity index (χ3v) is 4.80. The molecule has 1 fully saturated rings. The van der Waals surface area contributed by atoms with Crippen molar-refractivity contribution in [3.63, 3.8) is 0 Å². The molecule has 0 radical (unpaired) electrons. The summed E-state index contributed by atoms with van der Waals surface area (Å²) in [6, 6.07) is 10.7. The first kappa shape index (κ1) is 14.6. The third-order valence-electron chi connectivity index (χ3n) is 4.80. The normalized spacial score (nSPS) is 23.3. The van der Waals surface area contributed by atoms with Gasteiger partial charge >= 0.3 is 0 Å². The van der Waals surface area contributed by atoms with Gasteiger partial charge in [0.15, 0.2) is 0 Å². The molecule has 2 unspecified atom stereocenters. The molecular weight excluding hydrogens is 258 g/mol. The molecule has 0 spiro atoms. The highest BCUT2D eigenvalue weighted by Crippen LogP contribution is 2.38. The molecule has 1 saturated carbocycles. The van der Waals surface area contributed by atoms with Gasteiger partial charge in [0, 0.05) is 11.3 Å². The molecule has 2 atom stereocenters. The molecule has 2 heteroatoms. The lowest BCUT2D eigenvalue weighted by molar-refractivity contribution is 0.335. The number of hydrogen-bond acceptors (Lipinski definition) is 2. The summed E-state index contributed by atoms with van der Waals surface area (Å²) in [6.07, 6.45) is 7.90. The van der Waals surface area contributed by atoms with E-state index in [9.17, 15) is 0 Å². The van der Waals surface area contributed by atoms with E-state index in [4.69, 9.17) is 4.42 Å². The zero-order chi connectivity index (χ0) is 14.5. The Balaban J connectivity index is 1.80. The summed E-state index contributed by atoms with van der Waals surface area (Å²) in [6.45, 7) is 4.50. The second-order valence-electron chi connectivity index (χ2n) is 6.40. The maximum atomic E-state index is 6.17. The van der Waals surface area contributed by atoms with E-state index in [0.717, 1.165) is 24.6 Å². The van der Waals surface area contributed by atoms with Gasteiger partial charge in [0.05, 0.1) is 0 Å². The SMILES string of the molecule is CCCNCC1CCCCCC1c1cc2ccccc2o1. The molecule has 114 valence electrons. The Kier molecular flexibility index (Phi) is 4.97. The van der Waals surface area contributed by atoms with Crippen molar-refractivity contribution < 1.29 is 4.42 Å². The van der Waals surface area contributed by atoms with Gasteiger partial charge in [-0.05, 0) is 50.4 Å². The van der Waals surface area contributed by atoms with Crippen LogP contribution in [0.15, 0.2) is 34.7 Å². The predicted molar refractivity (Wildman–Crippen MR) is 88.7 cm³/mol. The Morgan fingerprint density at radius 3 is 2.86 bits per heavy atom. The van der Waals surface area contributed by atoms with Crippen molar-refractivity contribution in [2.45, 2.75) is 51.4 Å². The van der Waals surface area contributed by atoms with Gasteiger partial charge in [0.1, 0.15) is 11.3 Å². The zero-order valence-corrected chi connectivity index (χ0v) is 13.1. The lowest BCUT2D eigenvalue weighted by atomic mass is 9.85. The minimum atomic E-state index is 0.587. The van der Waals surface area contributed by atoms with Gasteiger partial charge in [0.2, 0.25) is 0 Å². The van der Waals surface area contributed by atoms with Gasteiger partial charge in [-0.2, -0.15) is 0 Å². The predicted octanol–water partition coefficient (Wildman–Crippen LogP) is 5.10. The summed E-state index contributed by atoms with van der Waals surface area (Å²) >= 11 is 0. The molecule has 1 aliphatic rings. The summed E-state index contributed by atoms with van der Waals surface area (Å²) in [5.74, 6) is 2.52. The highest BCUT2D eigenvalue weighted by molar-refractivity contribution is 5.77. The molecule has 0 bridgehead atoms. The van der Waals surface area contributed by atoms with E-state index in [1.807, 2.05) is 0 Å². The second-order valence-corrected chi connectivity index (χ2v) is 6.40. The molecule has 0 saturated heterocycles. The molecule has 1 aromatic heterocycles. The molecule has 21 heavy (non-hydrogen) atoms. The van der Waals surface area contributed by atoms with Crippen LogP contribution in [0, 0.1) is 5.92 Å². The highest BCUT2D eigenvalue weighted by Gasteiger charge is 2.27. The lowest BCUT2D eigenvalue weighted by Gasteiger charge is -2.23. The van der Waals surface area contributed by atoms with Crippen LogP contribution in [0.1, 0.15) is 57.1 Å². The van der Waals surface area contributed by atoms with E-state index < -0.39 is 0 Å². The Bertz CT molecular complexity index is 526. The molecule has 1 aromatic carbocycles.